The van der Waals surface area contributed by atoms with Crippen LogP contribution in [0.25, 0.3) is 5.57 Å². The molecule has 0 amide bonds. The molecule has 3 rings (SSSR count). The Bertz CT molecular complexity index is 734. The number of aliphatic hydroxyl groups excluding tert-OH is 2. The summed E-state index contributed by atoms with van der Waals surface area (Å²) in [6.07, 6.45) is 6.95. The average Bonchev–Trinajstić information content (AvgIpc) is 2.75. The molecule has 0 heterocycles. The maximum atomic E-state index is 8.82. The highest BCUT2D eigenvalue weighted by Crippen LogP contribution is 2.36. The SMILES string of the molecule is OCCCOc1ccc(C2=CCC(c3ccc(OCCCO)cc3)CC2)cc1. The number of hydrogen-bond acceptors (Lipinski definition) is 4. The molecular weight excluding hydrogens is 352 g/mol. The Balaban J connectivity index is 1.53. The maximum Gasteiger partial charge on any atom is 0.119 e. The van der Waals surface area contributed by atoms with Crippen molar-refractivity contribution in [2.75, 3.05) is 26.4 Å². The van der Waals surface area contributed by atoms with E-state index in [0.717, 1.165) is 30.8 Å². The zero-order valence-corrected chi connectivity index (χ0v) is 16.3. The van der Waals surface area contributed by atoms with E-state index in [1.807, 2.05) is 24.3 Å². The minimum atomic E-state index is 0.158. The van der Waals surface area contributed by atoms with Gasteiger partial charge in [-0.05, 0) is 66.1 Å². The lowest BCUT2D eigenvalue weighted by atomic mass is 9.83. The van der Waals surface area contributed by atoms with Gasteiger partial charge >= 0.3 is 0 Å². The average molecular weight is 383 g/mol. The predicted molar refractivity (Wildman–Crippen MR) is 112 cm³/mol. The summed E-state index contributed by atoms with van der Waals surface area (Å²) >= 11 is 0. The molecule has 0 fully saturated rings. The van der Waals surface area contributed by atoms with Crippen LogP contribution in [0.15, 0.2) is 54.6 Å². The number of rotatable bonds is 10. The Morgan fingerprint density at radius 2 is 1.36 bits per heavy atom. The zero-order valence-electron chi connectivity index (χ0n) is 16.3. The Kier molecular flexibility index (Phi) is 7.94. The molecule has 4 heteroatoms. The summed E-state index contributed by atoms with van der Waals surface area (Å²) in [6.45, 7) is 1.42. The highest BCUT2D eigenvalue weighted by molar-refractivity contribution is 5.67. The molecule has 2 aromatic rings. The molecule has 150 valence electrons. The molecule has 0 aliphatic heterocycles. The number of hydrogen-bond donors (Lipinski definition) is 2. The highest BCUT2D eigenvalue weighted by Gasteiger charge is 2.17. The topological polar surface area (TPSA) is 58.9 Å². The molecule has 1 aliphatic rings. The van der Waals surface area contributed by atoms with E-state index in [2.05, 4.69) is 30.3 Å². The second-order valence-corrected chi connectivity index (χ2v) is 7.15. The van der Waals surface area contributed by atoms with E-state index in [0.29, 0.717) is 32.0 Å². The summed E-state index contributed by atoms with van der Waals surface area (Å²) in [4.78, 5) is 0. The van der Waals surface area contributed by atoms with E-state index in [4.69, 9.17) is 19.7 Å². The van der Waals surface area contributed by atoms with E-state index >= 15 is 0 Å². The van der Waals surface area contributed by atoms with Crippen molar-refractivity contribution in [3.8, 4) is 11.5 Å². The van der Waals surface area contributed by atoms with Gasteiger partial charge in [-0.2, -0.15) is 0 Å². The second kappa shape index (κ2) is 10.9. The summed E-state index contributed by atoms with van der Waals surface area (Å²) in [5.41, 5.74) is 4.03. The van der Waals surface area contributed by atoms with Gasteiger partial charge in [-0.15, -0.1) is 0 Å². The van der Waals surface area contributed by atoms with Crippen LogP contribution in [-0.4, -0.2) is 36.6 Å². The van der Waals surface area contributed by atoms with Gasteiger partial charge in [0.2, 0.25) is 0 Å². The van der Waals surface area contributed by atoms with Crippen LogP contribution in [0, 0.1) is 0 Å². The van der Waals surface area contributed by atoms with E-state index in [-0.39, 0.29) is 13.2 Å². The third kappa shape index (κ3) is 5.85. The molecule has 0 radical (unpaired) electrons. The summed E-state index contributed by atoms with van der Waals surface area (Å²) in [7, 11) is 0. The first-order valence-corrected chi connectivity index (χ1v) is 10.2. The van der Waals surface area contributed by atoms with Crippen LogP contribution in [0.5, 0.6) is 11.5 Å². The van der Waals surface area contributed by atoms with Crippen LogP contribution in [0.2, 0.25) is 0 Å². The molecule has 4 nitrogen and oxygen atoms in total. The van der Waals surface area contributed by atoms with Crippen LogP contribution in [0.3, 0.4) is 0 Å². The Morgan fingerprint density at radius 3 is 1.86 bits per heavy atom. The van der Waals surface area contributed by atoms with Crippen molar-refractivity contribution in [2.45, 2.75) is 38.0 Å². The Hall–Kier alpha value is -2.30. The first-order chi connectivity index (χ1) is 13.8. The lowest BCUT2D eigenvalue weighted by molar-refractivity contribution is 0.233. The molecule has 0 aromatic heterocycles. The first kappa shape index (κ1) is 20.4. The molecule has 0 spiro atoms. The summed E-state index contributed by atoms with van der Waals surface area (Å²) in [5, 5.41) is 17.6. The zero-order chi connectivity index (χ0) is 19.6. The number of aliphatic hydroxyl groups is 2. The van der Waals surface area contributed by atoms with Gasteiger partial charge in [-0.1, -0.05) is 30.3 Å². The fourth-order valence-electron chi connectivity index (χ4n) is 3.51. The Labute approximate surface area is 167 Å². The van der Waals surface area contributed by atoms with Crippen LogP contribution >= 0.6 is 0 Å². The van der Waals surface area contributed by atoms with Crippen molar-refractivity contribution < 1.29 is 19.7 Å². The summed E-state index contributed by atoms with van der Waals surface area (Å²) in [5.74, 6) is 2.27. The third-order valence-corrected chi connectivity index (χ3v) is 5.13. The van der Waals surface area contributed by atoms with Gasteiger partial charge in [0.15, 0.2) is 0 Å². The van der Waals surface area contributed by atoms with E-state index in [1.54, 1.807) is 0 Å². The van der Waals surface area contributed by atoms with Crippen LogP contribution in [0.1, 0.15) is 49.1 Å². The van der Waals surface area contributed by atoms with Crippen LogP contribution < -0.4 is 9.47 Å². The van der Waals surface area contributed by atoms with Gasteiger partial charge in [0.25, 0.3) is 0 Å². The summed E-state index contributed by atoms with van der Waals surface area (Å²) in [6, 6.07) is 16.7. The Morgan fingerprint density at radius 1 is 0.786 bits per heavy atom. The van der Waals surface area contributed by atoms with Crippen molar-refractivity contribution in [1.29, 1.82) is 0 Å². The fourth-order valence-corrected chi connectivity index (χ4v) is 3.51. The van der Waals surface area contributed by atoms with Gasteiger partial charge in [-0.3, -0.25) is 0 Å². The van der Waals surface area contributed by atoms with Gasteiger partial charge in [0.05, 0.1) is 13.2 Å². The number of allylic oxidation sites excluding steroid dienone is 2. The van der Waals surface area contributed by atoms with Gasteiger partial charge < -0.3 is 19.7 Å². The molecule has 2 N–H and O–H groups in total. The second-order valence-electron chi connectivity index (χ2n) is 7.15. The lowest BCUT2D eigenvalue weighted by Gasteiger charge is -2.23. The van der Waals surface area contributed by atoms with Crippen molar-refractivity contribution in [3.63, 3.8) is 0 Å². The van der Waals surface area contributed by atoms with Gasteiger partial charge in [-0.25, -0.2) is 0 Å². The van der Waals surface area contributed by atoms with E-state index in [9.17, 15) is 0 Å². The van der Waals surface area contributed by atoms with Gasteiger partial charge in [0, 0.05) is 26.1 Å². The van der Waals surface area contributed by atoms with Crippen LogP contribution in [-0.2, 0) is 0 Å². The van der Waals surface area contributed by atoms with Crippen LogP contribution in [0.4, 0.5) is 0 Å². The third-order valence-electron chi connectivity index (χ3n) is 5.13. The van der Waals surface area contributed by atoms with Gasteiger partial charge in [0.1, 0.15) is 11.5 Å². The minimum Gasteiger partial charge on any atom is -0.494 e. The largest absolute Gasteiger partial charge is 0.494 e. The number of ether oxygens (including phenoxy) is 2. The molecule has 0 bridgehead atoms. The first-order valence-electron chi connectivity index (χ1n) is 10.2. The lowest BCUT2D eigenvalue weighted by Crippen LogP contribution is -2.05. The van der Waals surface area contributed by atoms with E-state index < -0.39 is 0 Å². The summed E-state index contributed by atoms with van der Waals surface area (Å²) < 4.78 is 11.2. The molecular formula is C24H30O4. The normalized spacial score (nSPS) is 16.5. The molecule has 1 atom stereocenters. The monoisotopic (exact) mass is 382 g/mol. The quantitative estimate of drug-likeness (QED) is 0.592. The minimum absolute atomic E-state index is 0.158. The molecule has 0 saturated heterocycles. The highest BCUT2D eigenvalue weighted by atomic mass is 16.5. The predicted octanol–water partition coefficient (Wildman–Crippen LogP) is 4.56. The van der Waals surface area contributed by atoms with Crippen molar-refractivity contribution >= 4 is 5.57 Å². The maximum absolute atomic E-state index is 8.82. The van der Waals surface area contributed by atoms with Crippen molar-refractivity contribution in [2.24, 2.45) is 0 Å². The molecule has 28 heavy (non-hydrogen) atoms. The molecule has 1 aliphatic carbocycles. The standard InChI is InChI=1S/C24H30O4/c25-15-1-17-27-23-11-7-21(8-12-23)19-3-5-20(6-4-19)22-9-13-24(14-10-22)28-18-2-16-26/h3,7-14,20,25-26H,1-2,4-6,15-18H2. The van der Waals surface area contributed by atoms with E-state index in [1.165, 1.54) is 16.7 Å². The number of benzene rings is 2. The van der Waals surface area contributed by atoms with Crippen molar-refractivity contribution in [3.05, 3.63) is 65.7 Å². The molecule has 1 unspecified atom stereocenters. The molecule has 2 aromatic carbocycles. The van der Waals surface area contributed by atoms with Crippen molar-refractivity contribution in [1.82, 2.24) is 0 Å². The molecule has 0 saturated carbocycles. The smallest absolute Gasteiger partial charge is 0.119 e. The fraction of sp³-hybridized carbons (Fsp3) is 0.417.